The van der Waals surface area contributed by atoms with Crippen LogP contribution in [0.4, 0.5) is 0 Å². The molecule has 0 radical (unpaired) electrons. The average molecular weight is 155 g/mol. The van der Waals surface area contributed by atoms with E-state index in [-0.39, 0.29) is 6.10 Å². The molecule has 0 aliphatic rings. The van der Waals surface area contributed by atoms with Gasteiger partial charge in [-0.05, 0) is 13.3 Å². The van der Waals surface area contributed by atoms with Crippen LogP contribution in [0.1, 0.15) is 21.6 Å². The van der Waals surface area contributed by atoms with Gasteiger partial charge in [0.1, 0.15) is 0 Å². The van der Waals surface area contributed by atoms with Crippen LogP contribution in [0.25, 0.3) is 0 Å². The highest BCUT2D eigenvalue weighted by Crippen LogP contribution is 2.08. The van der Waals surface area contributed by atoms with Crippen molar-refractivity contribution in [1.82, 2.24) is 9.78 Å². The van der Waals surface area contributed by atoms with E-state index in [0.717, 1.165) is 6.42 Å². The van der Waals surface area contributed by atoms with Crippen LogP contribution in [0.3, 0.4) is 0 Å². The molecule has 1 aromatic heterocycles. The predicted molar refractivity (Wildman–Crippen MR) is 43.6 cm³/mol. The Kier molecular flexibility index (Phi) is 2.08. The largest absolute Gasteiger partial charge is 0.474 e. The van der Waals surface area contributed by atoms with E-state index in [1.165, 1.54) is 0 Å². The van der Waals surface area contributed by atoms with Gasteiger partial charge in [-0.3, -0.25) is 4.68 Å². The van der Waals surface area contributed by atoms with Gasteiger partial charge >= 0.3 is 0 Å². The number of aromatic nitrogens is 2. The van der Waals surface area contributed by atoms with Gasteiger partial charge in [-0.2, -0.15) is 0 Å². The topological polar surface area (TPSA) is 27.1 Å². The third-order valence-electron chi connectivity index (χ3n) is 1.51. The van der Waals surface area contributed by atoms with Crippen LogP contribution in [0.15, 0.2) is 12.2 Å². The Labute approximate surface area is 68.4 Å². The Bertz CT molecular complexity index is 260. The van der Waals surface area contributed by atoms with Gasteiger partial charge in [0.15, 0.2) is 0 Å². The van der Waals surface area contributed by atoms with E-state index in [1.54, 1.807) is 17.9 Å². The van der Waals surface area contributed by atoms with Crippen molar-refractivity contribution in [3.8, 4) is 5.88 Å². The molecule has 0 bridgehead atoms. The van der Waals surface area contributed by atoms with Gasteiger partial charge in [-0.15, -0.1) is 5.10 Å². The maximum absolute atomic E-state index is 7.45. The fourth-order valence-corrected chi connectivity index (χ4v) is 0.681. The number of hydrogen-bond donors (Lipinski definition) is 0. The summed E-state index contributed by atoms with van der Waals surface area (Å²) in [4.78, 5) is 0. The molecule has 0 N–H and O–H groups in total. The van der Waals surface area contributed by atoms with E-state index in [9.17, 15) is 0 Å². The van der Waals surface area contributed by atoms with Crippen LogP contribution in [0.5, 0.6) is 5.88 Å². The van der Waals surface area contributed by atoms with Crippen molar-refractivity contribution in [3.63, 3.8) is 0 Å². The predicted octanol–water partition coefficient (Wildman–Crippen LogP) is 1.60. The minimum atomic E-state index is 0.129. The Morgan fingerprint density at radius 1 is 1.91 bits per heavy atom. The molecule has 11 heavy (non-hydrogen) atoms. The summed E-state index contributed by atoms with van der Waals surface area (Å²) < 4.78 is 14.4. The molecule has 0 aromatic carbocycles. The van der Waals surface area contributed by atoms with E-state index >= 15 is 0 Å². The Morgan fingerprint density at radius 3 is 3.09 bits per heavy atom. The van der Waals surface area contributed by atoms with Gasteiger partial charge in [0.25, 0.3) is 0 Å². The first-order valence-corrected chi connectivity index (χ1v) is 3.80. The quantitative estimate of drug-likeness (QED) is 0.663. The van der Waals surface area contributed by atoms with E-state index in [0.29, 0.717) is 11.9 Å². The molecule has 3 nitrogen and oxygen atoms in total. The zero-order valence-corrected chi connectivity index (χ0v) is 7.16. The smallest absolute Gasteiger partial charge is 0.232 e. The van der Waals surface area contributed by atoms with Crippen LogP contribution in [0, 0.1) is 0 Å². The van der Waals surface area contributed by atoms with E-state index in [1.807, 2.05) is 13.8 Å². The molecule has 0 fully saturated rings. The summed E-state index contributed by atoms with van der Waals surface area (Å²) in [7, 11) is 1.78. The zero-order chi connectivity index (χ0) is 9.14. The van der Waals surface area contributed by atoms with Crippen molar-refractivity contribution >= 4 is 0 Å². The summed E-state index contributed by atoms with van der Waals surface area (Å²) in [6, 6.07) is 0.345. The second-order valence-corrected chi connectivity index (χ2v) is 2.59. The molecule has 0 amide bonds. The molecule has 1 heterocycles. The molecule has 0 unspecified atom stereocenters. The minimum absolute atomic E-state index is 0.129. The highest BCUT2D eigenvalue weighted by atomic mass is 16.5. The second-order valence-electron chi connectivity index (χ2n) is 2.59. The van der Waals surface area contributed by atoms with Crippen molar-refractivity contribution in [2.45, 2.75) is 26.4 Å². The zero-order valence-electron chi connectivity index (χ0n) is 8.16. The Balaban J connectivity index is 2.68. The normalized spacial score (nSPS) is 14.3. The molecule has 1 atom stereocenters. The Hall–Kier alpha value is -0.990. The van der Waals surface area contributed by atoms with Crippen molar-refractivity contribution in [2.24, 2.45) is 7.05 Å². The van der Waals surface area contributed by atoms with Gasteiger partial charge in [-0.1, -0.05) is 6.92 Å². The molecule has 0 aliphatic heterocycles. The summed E-state index contributed by atoms with van der Waals surface area (Å²) in [5, 5.41) is 4.01. The first-order chi connectivity index (χ1) is 5.63. The van der Waals surface area contributed by atoms with Gasteiger partial charge in [0.05, 0.1) is 7.47 Å². The summed E-state index contributed by atoms with van der Waals surface area (Å²) in [6.45, 7) is 4.01. The van der Waals surface area contributed by atoms with Gasteiger partial charge in [0.2, 0.25) is 5.88 Å². The summed E-state index contributed by atoms with van der Waals surface area (Å²) in [5.74, 6) is 0.423. The lowest BCUT2D eigenvalue weighted by Gasteiger charge is -2.08. The SMILES string of the molecule is [2H]c1cn(C)nc1O[C@H](C)CC. The van der Waals surface area contributed by atoms with Crippen molar-refractivity contribution in [1.29, 1.82) is 0 Å². The van der Waals surface area contributed by atoms with Crippen molar-refractivity contribution in [2.75, 3.05) is 0 Å². The fraction of sp³-hybridized carbons (Fsp3) is 0.625. The fourth-order valence-electron chi connectivity index (χ4n) is 0.681. The molecule has 62 valence electrons. The Morgan fingerprint density at radius 2 is 2.64 bits per heavy atom. The van der Waals surface area contributed by atoms with Crippen LogP contribution in [-0.4, -0.2) is 15.9 Å². The monoisotopic (exact) mass is 155 g/mol. The lowest BCUT2D eigenvalue weighted by molar-refractivity contribution is 0.207. The molecule has 0 aliphatic carbocycles. The number of nitrogens with zero attached hydrogens (tertiary/aromatic N) is 2. The van der Waals surface area contributed by atoms with Gasteiger partial charge in [0, 0.05) is 19.3 Å². The van der Waals surface area contributed by atoms with E-state index in [4.69, 9.17) is 6.11 Å². The highest BCUT2D eigenvalue weighted by Gasteiger charge is 2.01. The van der Waals surface area contributed by atoms with E-state index in [2.05, 4.69) is 5.10 Å². The number of aryl methyl sites for hydroxylation is 1. The third kappa shape index (κ3) is 2.26. The van der Waals surface area contributed by atoms with Crippen molar-refractivity contribution in [3.05, 3.63) is 12.2 Å². The molecule has 0 saturated carbocycles. The first-order valence-electron chi connectivity index (χ1n) is 4.30. The van der Waals surface area contributed by atoms with Gasteiger partial charge < -0.3 is 4.74 Å². The minimum Gasteiger partial charge on any atom is -0.474 e. The molecule has 3 heteroatoms. The lowest BCUT2D eigenvalue weighted by atomic mass is 10.3. The highest BCUT2D eigenvalue weighted by molar-refractivity contribution is 5.05. The number of hydrogen-bond acceptors (Lipinski definition) is 2. The number of ether oxygens (including phenoxy) is 1. The molecular weight excluding hydrogens is 140 g/mol. The standard InChI is InChI=1S/C8H14N2O/c1-4-7(2)11-8-5-6-10(3)9-8/h5-7H,4H2,1-3H3/t7-/m1/s1/i5D. The second kappa shape index (κ2) is 3.42. The molecule has 0 saturated heterocycles. The van der Waals surface area contributed by atoms with Crippen LogP contribution >= 0.6 is 0 Å². The first kappa shape index (κ1) is 6.70. The van der Waals surface area contributed by atoms with Crippen molar-refractivity contribution < 1.29 is 6.11 Å². The summed E-state index contributed by atoms with van der Waals surface area (Å²) in [5.41, 5.74) is 0. The summed E-state index contributed by atoms with van der Waals surface area (Å²) >= 11 is 0. The van der Waals surface area contributed by atoms with Crippen LogP contribution < -0.4 is 4.74 Å². The van der Waals surface area contributed by atoms with Crippen LogP contribution in [0.2, 0.25) is 0 Å². The van der Waals surface area contributed by atoms with Crippen LogP contribution in [-0.2, 0) is 7.05 Å². The maximum atomic E-state index is 7.45. The van der Waals surface area contributed by atoms with E-state index < -0.39 is 0 Å². The van der Waals surface area contributed by atoms with Gasteiger partial charge in [-0.25, -0.2) is 0 Å². The third-order valence-corrected chi connectivity index (χ3v) is 1.51. The molecule has 0 spiro atoms. The number of rotatable bonds is 3. The molecule has 1 aromatic rings. The summed E-state index contributed by atoms with van der Waals surface area (Å²) in [6.07, 6.45) is 2.68. The molecular formula is C8H14N2O. The maximum Gasteiger partial charge on any atom is 0.232 e. The average Bonchev–Trinajstić information content (AvgIpc) is 2.30. The lowest BCUT2D eigenvalue weighted by Crippen LogP contribution is -2.10. The molecule has 1 rings (SSSR count).